The van der Waals surface area contributed by atoms with Crippen molar-refractivity contribution in [2.45, 2.75) is 0 Å². The summed E-state index contributed by atoms with van der Waals surface area (Å²) in [6, 6.07) is 0. The highest BCUT2D eigenvalue weighted by atomic mass is 32.2. The van der Waals surface area contributed by atoms with Gasteiger partial charge in [-0.15, -0.1) is 15.7 Å². The molecule has 0 fully saturated rings. The summed E-state index contributed by atoms with van der Waals surface area (Å²) in [5, 5.41) is 10.8. The van der Waals surface area contributed by atoms with E-state index in [2.05, 4.69) is 14.1 Å². The van der Waals surface area contributed by atoms with Gasteiger partial charge in [-0.05, 0) is 6.08 Å². The molecule has 17 heavy (non-hydrogen) atoms. The van der Waals surface area contributed by atoms with Crippen molar-refractivity contribution in [3.8, 4) is 0 Å². The molecule has 0 spiro atoms. The number of ketones is 1. The Labute approximate surface area is 101 Å². The number of aliphatic hydroxyl groups excluding tert-OH is 1. The van der Waals surface area contributed by atoms with Crippen LogP contribution < -0.4 is 4.72 Å². The predicted octanol–water partition coefficient (Wildman–Crippen LogP) is -0.666. The second-order valence-electron chi connectivity index (χ2n) is 3.03. The van der Waals surface area contributed by atoms with Crippen LogP contribution in [0.2, 0.25) is 0 Å². The van der Waals surface area contributed by atoms with Crippen LogP contribution in [0.15, 0.2) is 22.1 Å². The number of rotatable bonds is 3. The van der Waals surface area contributed by atoms with Crippen molar-refractivity contribution < 1.29 is 18.3 Å². The zero-order chi connectivity index (χ0) is 12.5. The molecule has 90 valence electrons. The molecule has 2 rings (SSSR count). The third kappa shape index (κ3) is 2.57. The summed E-state index contributed by atoms with van der Waals surface area (Å²) in [4.78, 5) is 15.2. The van der Waals surface area contributed by atoms with Gasteiger partial charge >= 0.3 is 10.2 Å². The Morgan fingerprint density at radius 2 is 2.29 bits per heavy atom. The zero-order valence-corrected chi connectivity index (χ0v) is 9.96. The Kier molecular flexibility index (Phi) is 3.05. The van der Waals surface area contributed by atoms with E-state index in [1.807, 2.05) is 0 Å². The van der Waals surface area contributed by atoms with Crippen molar-refractivity contribution in [2.24, 2.45) is 4.40 Å². The number of aliphatic hydroxyl groups is 1. The van der Waals surface area contributed by atoms with Gasteiger partial charge in [0.25, 0.3) is 0 Å². The van der Waals surface area contributed by atoms with Gasteiger partial charge in [-0.3, -0.25) is 9.52 Å². The summed E-state index contributed by atoms with van der Waals surface area (Å²) in [6.07, 6.45) is 2.76. The first kappa shape index (κ1) is 11.9. The molecule has 0 atom stereocenters. The van der Waals surface area contributed by atoms with Crippen LogP contribution in [0.5, 0.6) is 0 Å². The smallest absolute Gasteiger partial charge is 0.343 e. The van der Waals surface area contributed by atoms with Gasteiger partial charge in [0.15, 0.2) is 0 Å². The standard InChI is InChI=1S/C8H7N3O4S2/c12-4-7(13)5-3-6(8-9-1-2-16-8)11-17(14,15)10-5/h1-3,11-12H,4H2. The number of hydrogen-bond acceptors (Lipinski definition) is 6. The van der Waals surface area contributed by atoms with E-state index in [1.54, 1.807) is 5.38 Å². The highest BCUT2D eigenvalue weighted by Gasteiger charge is 2.23. The highest BCUT2D eigenvalue weighted by Crippen LogP contribution is 2.18. The van der Waals surface area contributed by atoms with Crippen LogP contribution in [0.25, 0.3) is 5.70 Å². The van der Waals surface area contributed by atoms with Gasteiger partial charge < -0.3 is 5.11 Å². The molecule has 9 heteroatoms. The molecule has 1 aliphatic rings. The maximum Gasteiger partial charge on any atom is 0.343 e. The summed E-state index contributed by atoms with van der Waals surface area (Å²) in [5.41, 5.74) is -0.136. The lowest BCUT2D eigenvalue weighted by molar-refractivity contribution is -0.115. The average molecular weight is 273 g/mol. The van der Waals surface area contributed by atoms with Crippen LogP contribution in [0.4, 0.5) is 0 Å². The SMILES string of the molecule is O=C(CO)C1=NS(=O)(=O)NC(c2nccs2)=C1. The quantitative estimate of drug-likeness (QED) is 0.759. The minimum atomic E-state index is -3.96. The number of nitrogens with zero attached hydrogens (tertiary/aromatic N) is 2. The third-order valence-corrected chi connectivity index (χ3v) is 3.55. The molecule has 7 nitrogen and oxygen atoms in total. The molecule has 0 bridgehead atoms. The van der Waals surface area contributed by atoms with Crippen molar-refractivity contribution in [1.29, 1.82) is 0 Å². The normalized spacial score (nSPS) is 17.9. The van der Waals surface area contributed by atoms with Crippen LogP contribution in [0, 0.1) is 0 Å². The van der Waals surface area contributed by atoms with Crippen molar-refractivity contribution >= 4 is 38.7 Å². The molecule has 1 aromatic rings. The number of Topliss-reactive ketones (excluding diaryl/α,β-unsaturated/α-hetero) is 1. The summed E-state index contributed by atoms with van der Waals surface area (Å²) in [6.45, 7) is -0.796. The fraction of sp³-hybridized carbons (Fsp3) is 0.125. The predicted molar refractivity (Wildman–Crippen MR) is 61.7 cm³/mol. The lowest BCUT2D eigenvalue weighted by atomic mass is 10.2. The molecule has 0 aliphatic carbocycles. The van der Waals surface area contributed by atoms with Crippen molar-refractivity contribution in [3.63, 3.8) is 0 Å². The monoisotopic (exact) mass is 273 g/mol. The minimum absolute atomic E-state index is 0.173. The maximum absolute atomic E-state index is 11.4. The first-order chi connectivity index (χ1) is 8.02. The average Bonchev–Trinajstić information content (AvgIpc) is 2.79. The fourth-order valence-corrected chi connectivity index (χ4v) is 2.72. The maximum atomic E-state index is 11.4. The van der Waals surface area contributed by atoms with E-state index in [0.717, 1.165) is 0 Å². The Balaban J connectivity index is 2.46. The topological polar surface area (TPSA) is 109 Å². The van der Waals surface area contributed by atoms with E-state index in [0.29, 0.717) is 5.01 Å². The second kappa shape index (κ2) is 4.35. The summed E-state index contributed by atoms with van der Waals surface area (Å²) >= 11 is 1.22. The van der Waals surface area contributed by atoms with Gasteiger partial charge in [0.2, 0.25) is 5.78 Å². The van der Waals surface area contributed by atoms with Gasteiger partial charge in [0.1, 0.15) is 17.3 Å². The van der Waals surface area contributed by atoms with Gasteiger partial charge in [-0.25, -0.2) is 4.98 Å². The van der Waals surface area contributed by atoms with Crippen LogP contribution in [0.3, 0.4) is 0 Å². The molecule has 1 aliphatic heterocycles. The fourth-order valence-electron chi connectivity index (χ4n) is 1.16. The summed E-state index contributed by atoms with van der Waals surface area (Å²) in [5.74, 6) is -0.760. The van der Waals surface area contributed by atoms with E-state index in [4.69, 9.17) is 5.11 Å². The zero-order valence-electron chi connectivity index (χ0n) is 8.32. The molecule has 0 amide bonds. The largest absolute Gasteiger partial charge is 0.388 e. The van der Waals surface area contributed by atoms with Gasteiger partial charge in [0.05, 0.1) is 5.70 Å². The van der Waals surface area contributed by atoms with Crippen molar-refractivity contribution in [1.82, 2.24) is 9.71 Å². The highest BCUT2D eigenvalue weighted by molar-refractivity contribution is 7.88. The molecule has 2 heterocycles. The Hall–Kier alpha value is -1.58. The lowest BCUT2D eigenvalue weighted by Gasteiger charge is -2.12. The second-order valence-corrected chi connectivity index (χ2v) is 5.26. The van der Waals surface area contributed by atoms with E-state index in [9.17, 15) is 13.2 Å². The van der Waals surface area contributed by atoms with Crippen LogP contribution in [-0.2, 0) is 15.0 Å². The number of carbonyl (C=O) groups is 1. The van der Waals surface area contributed by atoms with Crippen molar-refractivity contribution in [2.75, 3.05) is 6.61 Å². The van der Waals surface area contributed by atoms with E-state index in [1.165, 1.54) is 23.6 Å². The van der Waals surface area contributed by atoms with Gasteiger partial charge in [-0.2, -0.15) is 8.42 Å². The van der Waals surface area contributed by atoms with Gasteiger partial charge in [0, 0.05) is 11.6 Å². The number of thiazole rings is 1. The molecule has 1 aromatic heterocycles. The van der Waals surface area contributed by atoms with Crippen LogP contribution in [-0.4, -0.2) is 36.6 Å². The minimum Gasteiger partial charge on any atom is -0.388 e. The first-order valence-electron chi connectivity index (χ1n) is 4.40. The Morgan fingerprint density at radius 3 is 2.88 bits per heavy atom. The number of carbonyl (C=O) groups excluding carboxylic acids is 1. The molecule has 0 saturated carbocycles. The summed E-state index contributed by atoms with van der Waals surface area (Å²) < 4.78 is 28.2. The van der Waals surface area contributed by atoms with Crippen LogP contribution >= 0.6 is 11.3 Å². The molecular formula is C8H7N3O4S2. The Morgan fingerprint density at radius 1 is 1.53 bits per heavy atom. The Bertz CT molecular complexity index is 601. The molecule has 0 aromatic carbocycles. The first-order valence-corrected chi connectivity index (χ1v) is 6.72. The van der Waals surface area contributed by atoms with Crippen LogP contribution in [0.1, 0.15) is 5.01 Å². The number of aromatic nitrogens is 1. The van der Waals surface area contributed by atoms with Gasteiger partial charge in [-0.1, -0.05) is 0 Å². The molecular weight excluding hydrogens is 266 g/mol. The van der Waals surface area contributed by atoms with E-state index < -0.39 is 22.6 Å². The summed E-state index contributed by atoms with van der Waals surface area (Å²) in [7, 11) is -3.96. The molecule has 2 N–H and O–H groups in total. The molecule has 0 radical (unpaired) electrons. The third-order valence-electron chi connectivity index (χ3n) is 1.83. The lowest BCUT2D eigenvalue weighted by Crippen LogP contribution is -2.29. The number of allylic oxidation sites excluding steroid dienone is 1. The number of hydrogen-bond donors (Lipinski definition) is 2. The van der Waals surface area contributed by atoms with E-state index in [-0.39, 0.29) is 11.4 Å². The molecule has 0 unspecified atom stereocenters. The number of nitrogens with one attached hydrogen (secondary N) is 1. The van der Waals surface area contributed by atoms with E-state index >= 15 is 0 Å². The van der Waals surface area contributed by atoms with Crippen molar-refractivity contribution in [3.05, 3.63) is 22.7 Å². The molecule has 0 saturated heterocycles.